The molecule has 12 heteroatoms. The topological polar surface area (TPSA) is 152 Å². The van der Waals surface area contributed by atoms with E-state index in [-0.39, 0.29) is 41.4 Å². The molecular formula is C52H60N4O7S. The molecule has 2 aliphatic carbocycles. The zero-order valence-corrected chi connectivity index (χ0v) is 38.4. The van der Waals surface area contributed by atoms with E-state index < -0.39 is 38.8 Å². The van der Waals surface area contributed by atoms with Gasteiger partial charge in [-0.25, -0.2) is 8.42 Å². The van der Waals surface area contributed by atoms with Crippen molar-refractivity contribution < 1.29 is 32.3 Å². The molecule has 336 valence electrons. The highest BCUT2D eigenvalue weighted by Gasteiger charge is 2.55. The van der Waals surface area contributed by atoms with Crippen molar-refractivity contribution in [3.05, 3.63) is 149 Å². The molecule has 1 fully saturated rings. The summed E-state index contributed by atoms with van der Waals surface area (Å²) < 4.78 is 43.6. The molecule has 0 radical (unpaired) electrons. The van der Waals surface area contributed by atoms with Crippen molar-refractivity contribution in [1.29, 1.82) is 0 Å². The van der Waals surface area contributed by atoms with E-state index >= 15 is 0 Å². The highest BCUT2D eigenvalue weighted by molar-refractivity contribution is 7.89. The molecule has 1 saturated carbocycles. The van der Waals surface area contributed by atoms with Crippen molar-refractivity contribution in [2.24, 2.45) is 11.3 Å². The first-order chi connectivity index (χ1) is 30.7. The number of carbonyl (C=O) groups excluding carboxylic acids is 3. The Morgan fingerprint density at radius 2 is 1.22 bits per heavy atom. The number of amides is 3. The number of aryl methyl sites for hydroxylation is 1. The summed E-state index contributed by atoms with van der Waals surface area (Å²) in [6, 6.07) is 34.9. The van der Waals surface area contributed by atoms with E-state index in [2.05, 4.69) is 27.6 Å². The number of nitrogens with one attached hydrogen (secondary N) is 4. The standard InChI is InChI=1S/C52H60N4O7S/c1-34(2)38-32-37-26-27-47-51(3,28-17-29-52(47,4)50(59)55-42(30-35-18-9-7-10-19-35)48(57)53-40-22-13-15-24-44(40)62-5)39(37)33-46(38)64(60,61)56-43(31-36-20-11-8-12-21-36)49(58)54-41-23-14-16-25-45(41)63-6/h7-16,18-25,32-34,42-43,47,56H,17,26-31H2,1-6H3,(H,53,57)(H,54,58)(H,55,59)/t42-,43-,47+,51+,52+/m0/s1. The number of hydrogen-bond acceptors (Lipinski definition) is 7. The van der Waals surface area contributed by atoms with Gasteiger partial charge in [-0.3, -0.25) is 14.4 Å². The highest BCUT2D eigenvalue weighted by Crippen LogP contribution is 2.58. The number of sulfonamides is 1. The lowest BCUT2D eigenvalue weighted by atomic mass is 9.49. The number of methoxy groups -OCH3 is 2. The smallest absolute Gasteiger partial charge is 0.247 e. The second-order valence-electron chi connectivity index (χ2n) is 17.9. The number of hydrogen-bond donors (Lipinski definition) is 4. The Labute approximate surface area is 377 Å². The molecule has 0 saturated heterocycles. The van der Waals surface area contributed by atoms with E-state index in [9.17, 15) is 22.8 Å². The summed E-state index contributed by atoms with van der Waals surface area (Å²) in [6.45, 7) is 8.11. The monoisotopic (exact) mass is 884 g/mol. The predicted octanol–water partition coefficient (Wildman–Crippen LogP) is 8.73. The van der Waals surface area contributed by atoms with E-state index in [0.29, 0.717) is 47.7 Å². The van der Waals surface area contributed by atoms with Crippen LogP contribution in [0.1, 0.15) is 87.1 Å². The Bertz CT molecular complexity index is 2590. The van der Waals surface area contributed by atoms with Crippen molar-refractivity contribution >= 4 is 39.1 Å². The van der Waals surface area contributed by atoms with Crippen LogP contribution in [0.4, 0.5) is 11.4 Å². The van der Waals surface area contributed by atoms with E-state index in [1.165, 1.54) is 7.11 Å². The van der Waals surface area contributed by atoms with Crippen LogP contribution in [0, 0.1) is 11.3 Å². The lowest BCUT2D eigenvalue weighted by Crippen LogP contribution is -2.58. The van der Waals surface area contributed by atoms with Gasteiger partial charge in [-0.15, -0.1) is 0 Å². The summed E-state index contributed by atoms with van der Waals surface area (Å²) in [5.41, 5.74) is 3.81. The first-order valence-corrected chi connectivity index (χ1v) is 23.6. The SMILES string of the molecule is COc1ccccc1NC(=O)[C@H](Cc1ccccc1)NC(=O)[C@]1(C)CCC[C@]2(C)c3cc(S(=O)(=O)N[C@@H](Cc4ccccc4)C(=O)Nc4ccccc4OC)c(C(C)C)cc3CC[C@@H]12. The molecule has 64 heavy (non-hydrogen) atoms. The van der Waals surface area contributed by atoms with Crippen LogP contribution in [-0.4, -0.2) is 52.4 Å². The minimum Gasteiger partial charge on any atom is -0.495 e. The number of ether oxygens (including phenoxy) is 2. The zero-order valence-electron chi connectivity index (χ0n) is 37.6. The summed E-state index contributed by atoms with van der Waals surface area (Å²) in [6.07, 6.45) is 3.85. The van der Waals surface area contributed by atoms with E-state index in [0.717, 1.165) is 35.1 Å². The molecule has 11 nitrogen and oxygen atoms in total. The minimum absolute atomic E-state index is 0.110. The van der Waals surface area contributed by atoms with Gasteiger partial charge in [-0.2, -0.15) is 4.72 Å². The Morgan fingerprint density at radius 1 is 0.703 bits per heavy atom. The van der Waals surface area contributed by atoms with Crippen molar-refractivity contribution in [3.63, 3.8) is 0 Å². The van der Waals surface area contributed by atoms with Crippen LogP contribution in [0.25, 0.3) is 0 Å². The van der Waals surface area contributed by atoms with Gasteiger partial charge >= 0.3 is 0 Å². The van der Waals surface area contributed by atoms with E-state index in [4.69, 9.17) is 9.47 Å². The van der Waals surface area contributed by atoms with Crippen molar-refractivity contribution in [2.45, 2.75) is 101 Å². The van der Waals surface area contributed by atoms with Gasteiger partial charge in [0, 0.05) is 6.42 Å². The Kier molecular flexibility index (Phi) is 14.0. The lowest BCUT2D eigenvalue weighted by Gasteiger charge is -2.55. The van der Waals surface area contributed by atoms with Gasteiger partial charge in [0.25, 0.3) is 0 Å². The molecule has 0 heterocycles. The average Bonchev–Trinajstić information content (AvgIpc) is 3.29. The molecule has 5 atom stereocenters. The van der Waals surface area contributed by atoms with Gasteiger partial charge in [-0.1, -0.05) is 125 Å². The normalized spacial score (nSPS) is 20.2. The fraction of sp³-hybridized carbons (Fsp3) is 0.365. The Morgan fingerprint density at radius 3 is 1.77 bits per heavy atom. The van der Waals surface area contributed by atoms with Crippen molar-refractivity contribution in [3.8, 4) is 11.5 Å². The number of benzene rings is 5. The first-order valence-electron chi connectivity index (χ1n) is 22.1. The highest BCUT2D eigenvalue weighted by atomic mass is 32.2. The minimum atomic E-state index is -4.31. The molecule has 2 aliphatic rings. The fourth-order valence-electron chi connectivity index (χ4n) is 10.1. The maximum atomic E-state index is 14.9. The van der Waals surface area contributed by atoms with Crippen molar-refractivity contribution in [1.82, 2.24) is 10.0 Å². The molecule has 0 bridgehead atoms. The van der Waals surface area contributed by atoms with Crippen molar-refractivity contribution in [2.75, 3.05) is 24.9 Å². The van der Waals surface area contributed by atoms with Crippen LogP contribution in [-0.2, 0) is 49.1 Å². The Hall–Kier alpha value is -5.98. The molecule has 7 rings (SSSR count). The summed E-state index contributed by atoms with van der Waals surface area (Å²) in [5.74, 6) is -0.441. The molecule has 0 aromatic heterocycles. The van der Waals surface area contributed by atoms with Crippen LogP contribution < -0.4 is 30.1 Å². The van der Waals surface area contributed by atoms with Crippen LogP contribution in [0.5, 0.6) is 11.5 Å². The summed E-state index contributed by atoms with van der Waals surface area (Å²) in [4.78, 5) is 43.2. The van der Waals surface area contributed by atoms with Gasteiger partial charge < -0.3 is 25.4 Å². The Balaban J connectivity index is 1.20. The molecule has 0 unspecified atom stereocenters. The van der Waals surface area contributed by atoms with E-state index in [1.807, 2.05) is 106 Å². The molecular weight excluding hydrogens is 825 g/mol. The number of anilines is 2. The number of para-hydroxylation sites is 4. The third-order valence-electron chi connectivity index (χ3n) is 13.4. The summed E-state index contributed by atoms with van der Waals surface area (Å²) >= 11 is 0. The van der Waals surface area contributed by atoms with Crippen LogP contribution in [0.15, 0.2) is 126 Å². The van der Waals surface area contributed by atoms with Crippen LogP contribution in [0.3, 0.4) is 0 Å². The maximum absolute atomic E-state index is 14.9. The molecule has 0 aliphatic heterocycles. The second kappa shape index (κ2) is 19.4. The third-order valence-corrected chi connectivity index (χ3v) is 15.0. The maximum Gasteiger partial charge on any atom is 0.247 e. The average molecular weight is 885 g/mol. The second-order valence-corrected chi connectivity index (χ2v) is 19.6. The molecule has 0 spiro atoms. The van der Waals surface area contributed by atoms with E-state index in [1.54, 1.807) is 43.5 Å². The third kappa shape index (κ3) is 9.73. The van der Waals surface area contributed by atoms with Gasteiger partial charge in [0.1, 0.15) is 23.6 Å². The van der Waals surface area contributed by atoms with Gasteiger partial charge in [0.2, 0.25) is 27.7 Å². The molecule has 4 N–H and O–H groups in total. The van der Waals surface area contributed by atoms with Crippen LogP contribution >= 0.6 is 0 Å². The van der Waals surface area contributed by atoms with Gasteiger partial charge in [0.05, 0.1) is 35.9 Å². The first kappa shape index (κ1) is 46.0. The lowest BCUT2D eigenvalue weighted by molar-refractivity contribution is -0.141. The predicted molar refractivity (Wildman–Crippen MR) is 251 cm³/mol. The number of fused-ring (bicyclic) bond motifs is 3. The molecule has 5 aromatic carbocycles. The van der Waals surface area contributed by atoms with Crippen LogP contribution in [0.2, 0.25) is 0 Å². The quantitative estimate of drug-likeness (QED) is 0.0774. The fourth-order valence-corrected chi connectivity index (χ4v) is 11.6. The summed E-state index contributed by atoms with van der Waals surface area (Å²) in [5, 5.41) is 9.09. The largest absolute Gasteiger partial charge is 0.495 e. The molecule has 3 amide bonds. The van der Waals surface area contributed by atoms with Gasteiger partial charge in [0.15, 0.2) is 0 Å². The molecule has 5 aromatic rings. The summed E-state index contributed by atoms with van der Waals surface area (Å²) in [7, 11) is -1.26. The zero-order chi connectivity index (χ0) is 45.6. The van der Waals surface area contributed by atoms with Gasteiger partial charge in [-0.05, 0) is 108 Å². The number of rotatable bonds is 16. The number of carbonyl (C=O) groups is 3.